The number of halogens is 2. The number of nitrogens with zero attached hydrogens (tertiary/aromatic N) is 6. The summed E-state index contributed by atoms with van der Waals surface area (Å²) in [4.78, 5) is 99.1. The van der Waals surface area contributed by atoms with E-state index >= 15 is 0 Å². The second kappa shape index (κ2) is 59.6. The summed E-state index contributed by atoms with van der Waals surface area (Å²) in [6.45, 7) is 24.1. The molecule has 8 N–H and O–H groups in total. The van der Waals surface area contributed by atoms with E-state index in [1.807, 2.05) is 176 Å². The van der Waals surface area contributed by atoms with Gasteiger partial charge in [0.15, 0.2) is 11.1 Å². The van der Waals surface area contributed by atoms with Crippen molar-refractivity contribution in [3.8, 4) is 11.1 Å². The van der Waals surface area contributed by atoms with Crippen LogP contribution >= 0.6 is 15.9 Å². The third-order valence-electron chi connectivity index (χ3n) is 20.7. The fourth-order valence-corrected chi connectivity index (χ4v) is 14.2. The van der Waals surface area contributed by atoms with Crippen LogP contribution in [-0.4, -0.2) is 143 Å². The summed E-state index contributed by atoms with van der Waals surface area (Å²) in [7, 11) is 0. The number of amides is 3. The molecule has 8 aromatic carbocycles. The van der Waals surface area contributed by atoms with Crippen LogP contribution in [0.3, 0.4) is 0 Å². The topological polar surface area (TPSA) is 309 Å². The van der Waals surface area contributed by atoms with Gasteiger partial charge in [-0.15, -0.1) is 37.7 Å². The number of rotatable bonds is 36. The zero-order valence-electron chi connectivity index (χ0n) is 69.4. The van der Waals surface area contributed by atoms with Crippen molar-refractivity contribution in [2.75, 3.05) is 25.0 Å². The summed E-state index contributed by atoms with van der Waals surface area (Å²) in [6, 6.07) is 68.5. The van der Waals surface area contributed by atoms with Crippen molar-refractivity contribution in [3.05, 3.63) is 324 Å². The number of fused-ring (bicyclic) bond motifs is 3. The molecule has 0 radical (unpaired) electrons. The summed E-state index contributed by atoms with van der Waals surface area (Å²) in [5.41, 5.74) is 11.8. The Hall–Kier alpha value is -10.2. The molecular formula is C101H130BrClN8Ni2O12+2. The Labute approximate surface area is 777 Å². The van der Waals surface area contributed by atoms with Crippen molar-refractivity contribution in [3.63, 3.8) is 0 Å². The molecule has 0 spiro atoms. The molecule has 2 heterocycles. The number of carbonyl (C=O) groups is 7. The summed E-state index contributed by atoms with van der Waals surface area (Å²) in [6.07, 6.45) is 17.9. The molecule has 6 atom stereocenters. The zero-order valence-corrected chi connectivity index (χ0v) is 73.7. The minimum atomic E-state index is -1.37. The number of carboxylic acids is 4. The van der Waals surface area contributed by atoms with Crippen molar-refractivity contribution in [1.82, 2.24) is 15.1 Å². The van der Waals surface area contributed by atoms with Crippen molar-refractivity contribution in [2.24, 2.45) is 9.98 Å². The Bertz CT molecular complexity index is 4650. The number of likely N-dealkylation sites (tertiary alicyclic amines) is 2. The average molecular weight is 1880 g/mol. The Morgan fingerprint density at radius 2 is 0.896 bits per heavy atom. The molecule has 0 aromatic heterocycles. The van der Waals surface area contributed by atoms with E-state index in [0.29, 0.717) is 92.0 Å². The van der Waals surface area contributed by atoms with Gasteiger partial charge in [0, 0.05) is 48.8 Å². The maximum atomic E-state index is 13.5. The standard InChI is InChI=1S/C33H37N3O3.C28H29N3O3.C23H25NO4.C8H15NO2.C5H9Br.4CH4.ClH.2Ni/c1-3-4-13-22-33(2,32(38)39)35-30(26-17-9-6-10-18-26)27-19-11-12-20-28(27)34-31(37)29-21-14-23-36(29)24-25-15-7-5-8-16-25;1-20(28(33)34)29-26(22-13-6-3-7-14-22)23-15-8-9-16-24(23)30-27(32)25-17-10-18-31(25)19-21-11-4-2-5-12-21;1-3-4-9-14-23(2,21(25)26)24-22(27)28-15-20-18-12-7-5-10-16(18)17-11-6-8-13-19(17)20;1-3-4-5-6-8(2,9)7(10)11;1-2-3-4-5-6;;;;;;;/h3,5-12,15-20,29H,1,4,13-14,21-24H2,2H3,(H2,34,35,37,38,39);2-9,11-16,20,25H,10,17-19H2,1H3,(H2,29,30,32,33,34);3,5-8,10-13,20H,1,4,9,14-15H2,2H3,(H,24,27)(H,25,26);3H,1,4-6,9H2,2H3,(H,10,11);2H,1,3-5H2;4*1H4;1H;;/q;;;;;;;;;;2*+2/p-2/t29-,33-;20-,25-;23-;8-;;;;;;;;/m0000......../s1. The van der Waals surface area contributed by atoms with Crippen molar-refractivity contribution in [1.29, 1.82) is 0 Å². The van der Waals surface area contributed by atoms with E-state index in [1.54, 1.807) is 44.2 Å². The summed E-state index contributed by atoms with van der Waals surface area (Å²) >= 11 is 3.30. The number of quaternary nitrogens is 1. The first-order valence-corrected chi connectivity index (χ1v) is 41.4. The minimum absolute atomic E-state index is 0. The minimum Gasteiger partial charge on any atom is -1.00 e. The van der Waals surface area contributed by atoms with Crippen molar-refractivity contribution >= 4 is 80.5 Å². The Kier molecular flexibility index (Phi) is 54.8. The number of para-hydroxylation sites is 2. The second-order valence-corrected chi connectivity index (χ2v) is 30.8. The van der Waals surface area contributed by atoms with Gasteiger partial charge in [-0.3, -0.25) is 19.8 Å². The quantitative estimate of drug-likeness (QED) is 0.00699. The molecule has 2 saturated heterocycles. The average Bonchev–Trinajstić information content (AvgIpc) is 1.63. The SMILES string of the molecule is C.C.C.C.C=CCCCBr.C=CCCC[C@](C)(N=C(c1ccccc1)c1ccccc1[N-]C(=O)[C@@H]1CCCN1Cc1ccccc1)C(=O)O.C=CCCC[C@](C)(NC(=O)OCC1c2ccccc2-c2ccccc21)C(=O)O.C=CCCC[C@](C)([NH3+])C(=O)O.C[C@H](N=C(c1ccccc1)c1ccccc1[N-]C(=O)[C@@H]1CCCN1Cc1ccccc1)C(=O)O.[Cl-].[Ni+2].[Ni+2]. The molecule has 3 aliphatic rings. The van der Waals surface area contributed by atoms with Gasteiger partial charge in [0.05, 0.1) is 35.3 Å². The third kappa shape index (κ3) is 35.6. The van der Waals surface area contributed by atoms with Crippen LogP contribution < -0.4 is 23.5 Å². The van der Waals surface area contributed by atoms with Gasteiger partial charge in [0.2, 0.25) is 0 Å². The predicted octanol–water partition coefficient (Wildman–Crippen LogP) is 19.2. The number of carbonyl (C=O) groups excluding carboxylic acids is 3. The predicted molar refractivity (Wildman–Crippen MR) is 501 cm³/mol. The van der Waals surface area contributed by atoms with Crippen LogP contribution in [0.2, 0.25) is 0 Å². The second-order valence-electron chi connectivity index (χ2n) is 30.0. The zero-order chi connectivity index (χ0) is 85.5. The number of carboxylic acid groups (broad SMARTS) is 4. The number of unbranched alkanes of at least 4 members (excludes halogenated alkanes) is 4. The molecular weight excluding hydrogens is 1750 g/mol. The van der Waals surface area contributed by atoms with E-state index in [0.717, 1.165) is 96.7 Å². The number of alkyl halides is 1. The van der Waals surface area contributed by atoms with Gasteiger partial charge >= 0.3 is 63.0 Å². The van der Waals surface area contributed by atoms with Crippen LogP contribution in [0.4, 0.5) is 16.2 Å². The number of alkyl carbamates (subject to hydrolysis) is 1. The van der Waals surface area contributed by atoms with Gasteiger partial charge in [-0.1, -0.05) is 288 Å². The third-order valence-corrected chi connectivity index (χ3v) is 21.2. The molecule has 2 fully saturated rings. The summed E-state index contributed by atoms with van der Waals surface area (Å²) < 4.78 is 5.46. The molecule has 678 valence electrons. The van der Waals surface area contributed by atoms with Crippen LogP contribution in [0.5, 0.6) is 0 Å². The molecule has 20 nitrogen and oxygen atoms in total. The van der Waals surface area contributed by atoms with Crippen LogP contribution in [0.1, 0.15) is 204 Å². The molecule has 8 aromatic rings. The van der Waals surface area contributed by atoms with Gasteiger partial charge < -0.3 is 68.8 Å². The van der Waals surface area contributed by atoms with Crippen molar-refractivity contribution in [2.45, 2.75) is 207 Å². The maximum Gasteiger partial charge on any atom is 2.00 e. The molecule has 24 heteroatoms. The fourth-order valence-electron chi connectivity index (χ4n) is 13.9. The van der Waals surface area contributed by atoms with Gasteiger partial charge in [-0.25, -0.2) is 24.0 Å². The van der Waals surface area contributed by atoms with Crippen LogP contribution in [0.25, 0.3) is 21.8 Å². The number of ether oxygens (including phenoxy) is 1. The van der Waals surface area contributed by atoms with Gasteiger partial charge in [-0.05, 0) is 168 Å². The van der Waals surface area contributed by atoms with E-state index in [9.17, 15) is 48.9 Å². The summed E-state index contributed by atoms with van der Waals surface area (Å²) in [5.74, 6) is -4.34. The molecule has 2 aliphatic heterocycles. The molecule has 3 amide bonds. The smallest absolute Gasteiger partial charge is 1.00 e. The first kappa shape index (κ1) is 115. The summed E-state index contributed by atoms with van der Waals surface area (Å²) in [5, 5.41) is 50.5. The largest absolute Gasteiger partial charge is 2.00 e. The Morgan fingerprint density at radius 3 is 1.30 bits per heavy atom. The first-order chi connectivity index (χ1) is 56.8. The maximum absolute atomic E-state index is 13.5. The number of aliphatic carboxylic acids is 4. The van der Waals surface area contributed by atoms with Crippen LogP contribution in [0.15, 0.2) is 279 Å². The van der Waals surface area contributed by atoms with Gasteiger partial charge in [0.1, 0.15) is 18.2 Å². The Morgan fingerprint density at radius 1 is 0.520 bits per heavy atom. The van der Waals surface area contributed by atoms with Crippen LogP contribution in [0, 0.1) is 0 Å². The van der Waals surface area contributed by atoms with E-state index in [1.165, 1.54) is 31.4 Å². The number of aliphatic imine (C=N–C) groups is 2. The fraction of sp³-hybridized carbons (Fsp3) is 0.356. The monoisotopic (exact) mass is 1880 g/mol. The first-order valence-electron chi connectivity index (χ1n) is 40.3. The molecule has 1 aliphatic carbocycles. The van der Waals surface area contributed by atoms with Crippen LogP contribution in [-0.2, 0) is 79.6 Å². The number of benzene rings is 8. The number of allylic oxidation sites excluding steroid dienone is 4. The van der Waals surface area contributed by atoms with E-state index in [4.69, 9.17) is 14.8 Å². The molecule has 0 bridgehead atoms. The normalized spacial score (nSPS) is 15.1. The number of hydrogen-bond acceptors (Lipinski definition) is 12. The molecule has 0 saturated carbocycles. The number of hydrogen-bond donors (Lipinski definition) is 6. The van der Waals surface area contributed by atoms with Crippen molar-refractivity contribution < 1.29 is 110 Å². The van der Waals surface area contributed by atoms with E-state index in [-0.39, 0.29) is 112 Å². The van der Waals surface area contributed by atoms with Gasteiger partial charge in [-0.2, -0.15) is 0 Å². The Balaban J connectivity index is 0.00000165. The number of nitrogens with one attached hydrogen (secondary N) is 1. The molecule has 0 unspecified atom stereocenters. The van der Waals surface area contributed by atoms with E-state index < -0.39 is 52.6 Å². The van der Waals surface area contributed by atoms with E-state index in [2.05, 4.69) is 115 Å². The van der Waals surface area contributed by atoms with Gasteiger partial charge in [0.25, 0.3) is 0 Å². The molecule has 11 rings (SSSR count). The molecule has 125 heavy (non-hydrogen) atoms.